The second-order valence-electron chi connectivity index (χ2n) is 15.2. The maximum absolute atomic E-state index is 12.6. The second-order valence-corrected chi connectivity index (χ2v) is 16.7. The minimum atomic E-state index is -4.39. The lowest BCUT2D eigenvalue weighted by molar-refractivity contribution is -0.161. The van der Waals surface area contributed by atoms with E-state index in [0.29, 0.717) is 25.8 Å². The molecule has 2 atom stereocenters. The molecule has 0 aliphatic rings. The predicted molar refractivity (Wildman–Crippen MR) is 247 cm³/mol. The highest BCUT2D eigenvalue weighted by molar-refractivity contribution is 7.47. The third kappa shape index (κ3) is 44.6. The first-order chi connectivity index (χ1) is 28.7. The van der Waals surface area contributed by atoms with E-state index in [0.717, 1.165) is 57.8 Å². The van der Waals surface area contributed by atoms with Crippen molar-refractivity contribution in [1.29, 1.82) is 0 Å². The van der Waals surface area contributed by atoms with Gasteiger partial charge in [-0.25, -0.2) is 4.57 Å². The fraction of sp³-hybridized carbons (Fsp3) is 0.673. The van der Waals surface area contributed by atoms with E-state index in [2.05, 4.69) is 92.8 Å². The average Bonchev–Trinajstić information content (AvgIpc) is 3.20. The van der Waals surface area contributed by atoms with Crippen LogP contribution in [0.25, 0.3) is 0 Å². The largest absolute Gasteiger partial charge is 0.472 e. The molecular formula is C49H84NO8P. The first-order valence-electron chi connectivity index (χ1n) is 22.9. The monoisotopic (exact) mass is 846 g/mol. The van der Waals surface area contributed by atoms with Gasteiger partial charge in [0.15, 0.2) is 6.10 Å². The highest BCUT2D eigenvalue weighted by Crippen LogP contribution is 2.43. The third-order valence-corrected chi connectivity index (χ3v) is 10.2. The molecule has 0 aromatic heterocycles. The van der Waals surface area contributed by atoms with E-state index in [1.807, 2.05) is 20.2 Å². The van der Waals surface area contributed by atoms with Gasteiger partial charge in [0.25, 0.3) is 0 Å². The fourth-order valence-electron chi connectivity index (χ4n) is 5.63. The first-order valence-corrected chi connectivity index (χ1v) is 24.4. The van der Waals surface area contributed by atoms with Crippen LogP contribution in [0.2, 0.25) is 0 Å². The minimum absolute atomic E-state index is 0.0116. The molecule has 0 bridgehead atoms. The van der Waals surface area contributed by atoms with Crippen molar-refractivity contribution < 1.29 is 37.6 Å². The number of phosphoric acid groups is 1. The Labute approximate surface area is 360 Å². The lowest BCUT2D eigenvalue weighted by Crippen LogP contribution is -2.29. The molecule has 0 rings (SSSR count). The van der Waals surface area contributed by atoms with Gasteiger partial charge in [-0.15, -0.1) is 0 Å². The molecule has 0 aliphatic carbocycles. The molecule has 0 fully saturated rings. The Hall–Kier alpha value is -2.81. The molecule has 59 heavy (non-hydrogen) atoms. The van der Waals surface area contributed by atoms with E-state index in [-0.39, 0.29) is 26.1 Å². The van der Waals surface area contributed by atoms with Crippen LogP contribution in [0.1, 0.15) is 168 Å². The van der Waals surface area contributed by atoms with E-state index in [1.165, 1.54) is 64.2 Å². The van der Waals surface area contributed by atoms with Crippen LogP contribution in [0.5, 0.6) is 0 Å². The Morgan fingerprint density at radius 2 is 0.932 bits per heavy atom. The van der Waals surface area contributed by atoms with Gasteiger partial charge in [0.1, 0.15) is 6.61 Å². The molecular weight excluding hydrogens is 762 g/mol. The normalized spacial score (nSPS) is 14.1. The Kier molecular flexibility index (Phi) is 41.2. The van der Waals surface area contributed by atoms with Gasteiger partial charge in [0.2, 0.25) is 0 Å². The van der Waals surface area contributed by atoms with E-state index < -0.39 is 32.5 Å². The Balaban J connectivity index is 4.43. The number of rotatable bonds is 41. The van der Waals surface area contributed by atoms with E-state index in [1.54, 1.807) is 4.90 Å². The van der Waals surface area contributed by atoms with Crippen LogP contribution in [-0.4, -0.2) is 68.3 Å². The number of nitrogens with zero attached hydrogens (tertiary/aromatic N) is 1. The van der Waals surface area contributed by atoms with Crippen molar-refractivity contribution >= 4 is 19.8 Å². The smallest absolute Gasteiger partial charge is 0.462 e. The number of allylic oxidation sites excluding steroid dienone is 14. The van der Waals surface area contributed by atoms with Crippen molar-refractivity contribution in [2.45, 2.75) is 174 Å². The molecule has 10 heteroatoms. The summed E-state index contributed by atoms with van der Waals surface area (Å²) in [5, 5.41) is 0. The highest BCUT2D eigenvalue weighted by Gasteiger charge is 2.26. The van der Waals surface area contributed by atoms with Crippen LogP contribution in [0, 0.1) is 0 Å². The predicted octanol–water partition coefficient (Wildman–Crippen LogP) is 13.4. The molecule has 0 heterocycles. The lowest BCUT2D eigenvalue weighted by atomic mass is 10.1. The number of esters is 2. The van der Waals surface area contributed by atoms with Crippen molar-refractivity contribution in [3.8, 4) is 0 Å². The summed E-state index contributed by atoms with van der Waals surface area (Å²) >= 11 is 0. The van der Waals surface area contributed by atoms with E-state index in [9.17, 15) is 19.0 Å². The van der Waals surface area contributed by atoms with Crippen molar-refractivity contribution in [2.24, 2.45) is 0 Å². The molecule has 1 N–H and O–H groups in total. The third-order valence-electron chi connectivity index (χ3n) is 9.17. The van der Waals surface area contributed by atoms with Gasteiger partial charge in [-0.1, -0.05) is 150 Å². The van der Waals surface area contributed by atoms with Gasteiger partial charge in [-0.2, -0.15) is 0 Å². The maximum Gasteiger partial charge on any atom is 0.472 e. The molecule has 0 spiro atoms. The summed E-state index contributed by atoms with van der Waals surface area (Å²) < 4.78 is 33.4. The summed E-state index contributed by atoms with van der Waals surface area (Å²) in [6, 6.07) is 0. The van der Waals surface area contributed by atoms with Crippen molar-refractivity contribution in [1.82, 2.24) is 4.90 Å². The standard InChI is InChI=1S/C49H84NO8P/c1-5-7-9-11-13-15-17-19-21-23-24-26-27-29-31-33-35-37-39-41-48(51)55-45-47(46-57-59(53,54)56-44-43-50(3)4)58-49(52)42-40-38-36-34-32-30-28-25-22-20-18-16-14-12-10-8-6-2/h13,15,19-22,24,26,28-31,34,36,47H,5-12,14,16-18,23,25,27,32-33,35,37-46H2,1-4H3,(H,53,54)/b15-13-,21-19-,22-20-,26-24-,30-28-,31-29-,36-34-. The molecule has 338 valence electrons. The molecule has 0 aliphatic heterocycles. The topological polar surface area (TPSA) is 112 Å². The molecule has 0 aromatic carbocycles. The fourth-order valence-corrected chi connectivity index (χ4v) is 6.37. The summed E-state index contributed by atoms with van der Waals surface area (Å²) in [6.07, 6.45) is 53.5. The molecule has 9 nitrogen and oxygen atoms in total. The number of hydrogen-bond donors (Lipinski definition) is 1. The molecule has 0 saturated carbocycles. The number of hydrogen-bond acceptors (Lipinski definition) is 8. The summed E-state index contributed by atoms with van der Waals surface area (Å²) in [5.74, 6) is -0.907. The molecule has 0 aromatic rings. The second kappa shape index (κ2) is 43.3. The summed E-state index contributed by atoms with van der Waals surface area (Å²) in [5.41, 5.74) is 0. The van der Waals surface area contributed by atoms with Crippen LogP contribution in [0.15, 0.2) is 85.1 Å². The Bertz CT molecular complexity index is 1250. The van der Waals surface area contributed by atoms with E-state index >= 15 is 0 Å². The van der Waals surface area contributed by atoms with Crippen molar-refractivity contribution in [2.75, 3.05) is 40.5 Å². The van der Waals surface area contributed by atoms with E-state index in [4.69, 9.17) is 18.5 Å². The zero-order valence-electron chi connectivity index (χ0n) is 37.7. The molecule has 0 amide bonds. The van der Waals surface area contributed by atoms with Crippen LogP contribution in [0.4, 0.5) is 0 Å². The average molecular weight is 846 g/mol. The lowest BCUT2D eigenvalue weighted by Gasteiger charge is -2.20. The molecule has 0 radical (unpaired) electrons. The zero-order chi connectivity index (χ0) is 43.3. The Morgan fingerprint density at radius 3 is 1.44 bits per heavy atom. The number of ether oxygens (including phenoxy) is 2. The van der Waals surface area contributed by atoms with Gasteiger partial charge in [0.05, 0.1) is 13.2 Å². The first kappa shape index (κ1) is 56.2. The number of carbonyl (C=O) groups is 2. The number of carbonyl (C=O) groups excluding carboxylic acids is 2. The summed E-state index contributed by atoms with van der Waals surface area (Å²) in [7, 11) is -0.762. The quantitative estimate of drug-likeness (QED) is 0.0278. The zero-order valence-corrected chi connectivity index (χ0v) is 38.6. The number of likely N-dealkylation sites (N-methyl/N-ethyl adjacent to an activating group) is 1. The van der Waals surface area contributed by atoms with Gasteiger partial charge < -0.3 is 19.3 Å². The maximum atomic E-state index is 12.6. The van der Waals surface area contributed by atoms with Gasteiger partial charge in [-0.05, 0) is 104 Å². The van der Waals surface area contributed by atoms with Crippen LogP contribution >= 0.6 is 7.82 Å². The number of phosphoric ester groups is 1. The SMILES string of the molecule is CCCCC/C=C\C/C=C\C/C=C\C/C=C\CCCCCC(=O)OCC(COP(=O)(O)OCCN(C)C)OC(=O)CCC/C=C\C/C=C\C/C=C\CCCCCCCC. The van der Waals surface area contributed by atoms with Crippen LogP contribution < -0.4 is 0 Å². The summed E-state index contributed by atoms with van der Waals surface area (Å²) in [4.78, 5) is 37.0. The summed E-state index contributed by atoms with van der Waals surface area (Å²) in [6.45, 7) is 4.18. The highest BCUT2D eigenvalue weighted by atomic mass is 31.2. The molecule has 0 saturated heterocycles. The van der Waals surface area contributed by atoms with Gasteiger partial charge in [-0.3, -0.25) is 18.6 Å². The van der Waals surface area contributed by atoms with Gasteiger partial charge >= 0.3 is 19.8 Å². The number of unbranched alkanes of at least 4 members (excludes halogenated alkanes) is 13. The van der Waals surface area contributed by atoms with Crippen LogP contribution in [0.3, 0.4) is 0 Å². The van der Waals surface area contributed by atoms with Crippen molar-refractivity contribution in [3.05, 3.63) is 85.1 Å². The Morgan fingerprint density at radius 1 is 0.525 bits per heavy atom. The molecule has 2 unspecified atom stereocenters. The van der Waals surface area contributed by atoms with Crippen LogP contribution in [-0.2, 0) is 32.7 Å². The minimum Gasteiger partial charge on any atom is -0.462 e. The van der Waals surface area contributed by atoms with Gasteiger partial charge in [0, 0.05) is 19.4 Å². The van der Waals surface area contributed by atoms with Crippen molar-refractivity contribution in [3.63, 3.8) is 0 Å².